The highest BCUT2D eigenvalue weighted by molar-refractivity contribution is 5.99. The molecule has 5 nitrogen and oxygen atoms in total. The van der Waals surface area contributed by atoms with Gasteiger partial charge in [0.25, 0.3) is 5.91 Å². The van der Waals surface area contributed by atoms with Gasteiger partial charge in [-0.3, -0.25) is 4.79 Å². The Labute approximate surface area is 161 Å². The van der Waals surface area contributed by atoms with Crippen molar-refractivity contribution in [3.05, 3.63) is 59.2 Å². The van der Waals surface area contributed by atoms with E-state index in [0.717, 1.165) is 11.1 Å². The molecule has 0 aromatic heterocycles. The van der Waals surface area contributed by atoms with Crippen LogP contribution >= 0.6 is 0 Å². The lowest BCUT2D eigenvalue weighted by Crippen LogP contribution is -2.53. The predicted molar refractivity (Wildman–Crippen MR) is 108 cm³/mol. The second-order valence-electron chi connectivity index (χ2n) is 5.83. The van der Waals surface area contributed by atoms with Crippen molar-refractivity contribution in [1.82, 2.24) is 4.90 Å². The van der Waals surface area contributed by atoms with E-state index in [-0.39, 0.29) is 24.6 Å². The number of β-amino-alcohol motifs (C(OH)–C–C–N with tert-alkyl or cyclic N) is 1. The number of nitrogens with zero attached hydrogens (tertiary/aromatic N) is 1. The Hall–Kier alpha value is -2.66. The molecule has 0 bridgehead atoms. The Morgan fingerprint density at radius 3 is 1.89 bits per heavy atom. The number of carbonyl (C=O) groups is 2. The lowest BCUT2D eigenvalue weighted by Gasteiger charge is -2.36. The number of carbonyl (C=O) groups excluding carboxylic acids is 1. The number of aliphatic hydroxyl groups excluding tert-OH is 1. The lowest BCUT2D eigenvalue weighted by atomic mass is 9.97. The topological polar surface area (TPSA) is 77.8 Å². The molecule has 3 rings (SSSR count). The predicted octanol–water partition coefficient (Wildman–Crippen LogP) is 4.23. The van der Waals surface area contributed by atoms with Crippen LogP contribution in [0.2, 0.25) is 0 Å². The summed E-state index contributed by atoms with van der Waals surface area (Å²) in [6.45, 7) is 10.5. The summed E-state index contributed by atoms with van der Waals surface area (Å²) in [6, 6.07) is 12.3. The minimum Gasteiger partial charge on any atom is -0.478 e. The average Bonchev–Trinajstić information content (AvgIpc) is 2.68. The molecule has 2 N–H and O–H groups in total. The number of rotatable bonds is 3. The van der Waals surface area contributed by atoms with Gasteiger partial charge in [0.2, 0.25) is 0 Å². The first-order chi connectivity index (χ1) is 12.9. The van der Waals surface area contributed by atoms with Crippen molar-refractivity contribution in [1.29, 1.82) is 0 Å². The molecule has 2 aromatic carbocycles. The Balaban J connectivity index is 0.000000855. The zero-order valence-electron chi connectivity index (χ0n) is 16.7. The number of amides is 1. The van der Waals surface area contributed by atoms with Crippen molar-refractivity contribution in [2.45, 2.75) is 40.7 Å². The summed E-state index contributed by atoms with van der Waals surface area (Å²) >= 11 is 0. The summed E-state index contributed by atoms with van der Waals surface area (Å²) in [5, 5.41) is 18.6. The number of likely N-dealkylation sites (tertiary alicyclic amines) is 1. The number of carboxylic acid groups (broad SMARTS) is 1. The summed E-state index contributed by atoms with van der Waals surface area (Å²) in [6.07, 6.45) is -0.488. The Bertz CT molecular complexity index is 762. The van der Waals surface area contributed by atoms with Crippen LogP contribution in [0.3, 0.4) is 0 Å². The minimum absolute atomic E-state index is 0.0764. The second kappa shape index (κ2) is 10.5. The highest BCUT2D eigenvalue weighted by Crippen LogP contribution is 2.25. The summed E-state index contributed by atoms with van der Waals surface area (Å²) < 4.78 is 0. The maximum atomic E-state index is 12.4. The van der Waals surface area contributed by atoms with E-state index in [2.05, 4.69) is 0 Å². The van der Waals surface area contributed by atoms with Crippen LogP contribution in [0.5, 0.6) is 0 Å². The van der Waals surface area contributed by atoms with E-state index in [4.69, 9.17) is 0 Å². The van der Waals surface area contributed by atoms with Gasteiger partial charge in [-0.1, -0.05) is 57.5 Å². The molecule has 0 aliphatic carbocycles. The monoisotopic (exact) mass is 371 g/mol. The number of hydrogen-bond acceptors (Lipinski definition) is 3. The lowest BCUT2D eigenvalue weighted by molar-refractivity contribution is 0.00589. The summed E-state index contributed by atoms with van der Waals surface area (Å²) in [5.41, 5.74) is 3.06. The number of benzene rings is 2. The molecule has 0 unspecified atom stereocenters. The largest absolute Gasteiger partial charge is 0.478 e. The maximum absolute atomic E-state index is 12.4. The SMILES string of the molecule is CC.CC.Cc1ccc(-c2cc(C(=O)O)cc(C(=O)N3CC(O)C3)c2)cc1. The normalized spacial score (nSPS) is 12.7. The van der Waals surface area contributed by atoms with E-state index in [1.807, 2.05) is 58.9 Å². The maximum Gasteiger partial charge on any atom is 0.335 e. The fourth-order valence-electron chi connectivity index (χ4n) is 2.59. The molecule has 5 heteroatoms. The summed E-state index contributed by atoms with van der Waals surface area (Å²) in [4.78, 5) is 25.3. The molecular formula is C22H29NO4. The first kappa shape index (κ1) is 22.4. The Kier molecular flexibility index (Phi) is 8.69. The molecule has 146 valence electrons. The fraction of sp³-hybridized carbons (Fsp3) is 0.364. The van der Waals surface area contributed by atoms with Crippen molar-refractivity contribution >= 4 is 11.9 Å². The molecule has 1 amide bonds. The van der Waals surface area contributed by atoms with Gasteiger partial charge in [0, 0.05) is 18.7 Å². The van der Waals surface area contributed by atoms with Gasteiger partial charge in [0.15, 0.2) is 0 Å². The molecule has 1 saturated heterocycles. The number of carboxylic acids is 1. The molecule has 1 aliphatic heterocycles. The van der Waals surface area contributed by atoms with Crippen LogP contribution in [0.4, 0.5) is 0 Å². The minimum atomic E-state index is -1.07. The van der Waals surface area contributed by atoms with Crippen LogP contribution < -0.4 is 0 Å². The quantitative estimate of drug-likeness (QED) is 0.846. The zero-order chi connectivity index (χ0) is 20.6. The van der Waals surface area contributed by atoms with E-state index < -0.39 is 12.1 Å². The van der Waals surface area contributed by atoms with Crippen molar-refractivity contribution in [3.8, 4) is 11.1 Å². The van der Waals surface area contributed by atoms with Crippen molar-refractivity contribution < 1.29 is 19.8 Å². The highest BCUT2D eigenvalue weighted by atomic mass is 16.4. The average molecular weight is 371 g/mol. The smallest absolute Gasteiger partial charge is 0.335 e. The van der Waals surface area contributed by atoms with Crippen molar-refractivity contribution in [2.75, 3.05) is 13.1 Å². The van der Waals surface area contributed by atoms with E-state index in [1.165, 1.54) is 11.0 Å². The molecule has 1 fully saturated rings. The van der Waals surface area contributed by atoms with Crippen molar-refractivity contribution in [3.63, 3.8) is 0 Å². The van der Waals surface area contributed by atoms with Crippen LogP contribution in [0, 0.1) is 6.92 Å². The Morgan fingerprint density at radius 2 is 1.41 bits per heavy atom. The first-order valence-electron chi connectivity index (χ1n) is 9.37. The van der Waals surface area contributed by atoms with Crippen LogP contribution in [0.15, 0.2) is 42.5 Å². The molecular weight excluding hydrogens is 342 g/mol. The molecule has 27 heavy (non-hydrogen) atoms. The van der Waals surface area contributed by atoms with Gasteiger partial charge in [-0.15, -0.1) is 0 Å². The number of aromatic carboxylic acids is 1. The molecule has 0 spiro atoms. The van der Waals surface area contributed by atoms with E-state index in [0.29, 0.717) is 11.1 Å². The fourth-order valence-corrected chi connectivity index (χ4v) is 2.59. The van der Waals surface area contributed by atoms with Gasteiger partial charge in [0.1, 0.15) is 0 Å². The van der Waals surface area contributed by atoms with Crippen molar-refractivity contribution in [2.24, 2.45) is 0 Å². The number of aliphatic hydroxyl groups is 1. The van der Waals surface area contributed by atoms with Crippen LogP contribution in [0.1, 0.15) is 54.0 Å². The molecule has 0 radical (unpaired) electrons. The standard InChI is InChI=1S/C18H17NO4.2C2H6/c1-11-2-4-12(5-3-11)13-6-14(8-15(7-13)18(22)23)17(21)19-9-16(20)10-19;2*1-2/h2-8,16,20H,9-10H2,1H3,(H,22,23);2*1-2H3. The third kappa shape index (κ3) is 5.66. The van der Waals surface area contributed by atoms with Gasteiger partial charge >= 0.3 is 5.97 Å². The first-order valence-corrected chi connectivity index (χ1v) is 9.37. The third-order valence-corrected chi connectivity index (χ3v) is 3.96. The van der Waals surface area contributed by atoms with Crippen LogP contribution in [0.25, 0.3) is 11.1 Å². The number of aryl methyl sites for hydroxylation is 1. The van der Waals surface area contributed by atoms with Gasteiger partial charge in [-0.05, 0) is 36.2 Å². The molecule has 0 saturated carbocycles. The van der Waals surface area contributed by atoms with Gasteiger partial charge in [0.05, 0.1) is 11.7 Å². The molecule has 0 atom stereocenters. The molecule has 2 aromatic rings. The van der Waals surface area contributed by atoms with Gasteiger partial charge < -0.3 is 15.1 Å². The van der Waals surface area contributed by atoms with E-state index in [1.54, 1.807) is 12.1 Å². The second-order valence-corrected chi connectivity index (χ2v) is 5.83. The number of hydrogen-bond donors (Lipinski definition) is 2. The summed E-state index contributed by atoms with van der Waals surface area (Å²) in [5.74, 6) is -1.33. The van der Waals surface area contributed by atoms with Gasteiger partial charge in [-0.25, -0.2) is 4.79 Å². The third-order valence-electron chi connectivity index (χ3n) is 3.96. The van der Waals surface area contributed by atoms with Crippen LogP contribution in [-0.2, 0) is 0 Å². The molecule has 1 heterocycles. The highest BCUT2D eigenvalue weighted by Gasteiger charge is 2.30. The Morgan fingerprint density at radius 1 is 0.889 bits per heavy atom. The van der Waals surface area contributed by atoms with Crippen LogP contribution in [-0.4, -0.2) is 46.2 Å². The van der Waals surface area contributed by atoms with E-state index in [9.17, 15) is 19.8 Å². The van der Waals surface area contributed by atoms with E-state index >= 15 is 0 Å². The molecule has 1 aliphatic rings. The summed E-state index contributed by atoms with van der Waals surface area (Å²) in [7, 11) is 0. The van der Waals surface area contributed by atoms with Gasteiger partial charge in [-0.2, -0.15) is 0 Å². The zero-order valence-corrected chi connectivity index (χ0v) is 16.7.